The second-order valence-corrected chi connectivity index (χ2v) is 8.91. The standard InChI is InChI=1S/C24H33N5O2/c1-24(2,29-11-13-31-14-12-29)18-27-23(30)26-16-19-7-8-22(25-15-19)28-10-9-20-5-3-4-6-21(20)17-28/h3-8,15H,9-14,16-18H2,1-2H3,(H2,26,27,30). The molecule has 1 fully saturated rings. The van der Waals surface area contributed by atoms with Gasteiger partial charge in [-0.05, 0) is 43.0 Å². The van der Waals surface area contributed by atoms with Crippen molar-refractivity contribution in [2.24, 2.45) is 0 Å². The van der Waals surface area contributed by atoms with Gasteiger partial charge in [-0.2, -0.15) is 0 Å². The number of urea groups is 1. The molecule has 0 unspecified atom stereocenters. The highest BCUT2D eigenvalue weighted by molar-refractivity contribution is 5.73. The van der Waals surface area contributed by atoms with Gasteiger partial charge >= 0.3 is 6.03 Å². The minimum atomic E-state index is -0.155. The van der Waals surface area contributed by atoms with Gasteiger partial charge in [0.2, 0.25) is 0 Å². The molecule has 0 spiro atoms. The molecule has 0 saturated carbocycles. The highest BCUT2D eigenvalue weighted by atomic mass is 16.5. The van der Waals surface area contributed by atoms with Crippen molar-refractivity contribution in [3.63, 3.8) is 0 Å². The minimum Gasteiger partial charge on any atom is -0.379 e. The lowest BCUT2D eigenvalue weighted by Crippen LogP contribution is -2.56. The van der Waals surface area contributed by atoms with Crippen LogP contribution in [-0.4, -0.2) is 60.8 Å². The van der Waals surface area contributed by atoms with Crippen molar-refractivity contribution in [3.05, 3.63) is 59.3 Å². The third-order valence-electron chi connectivity index (χ3n) is 6.27. The molecular weight excluding hydrogens is 390 g/mol. The second-order valence-electron chi connectivity index (χ2n) is 8.91. The zero-order valence-corrected chi connectivity index (χ0v) is 18.6. The van der Waals surface area contributed by atoms with Gasteiger partial charge in [0, 0.05) is 51.0 Å². The number of hydrogen-bond donors (Lipinski definition) is 2. The van der Waals surface area contributed by atoms with E-state index >= 15 is 0 Å². The van der Waals surface area contributed by atoms with E-state index in [4.69, 9.17) is 4.74 Å². The summed E-state index contributed by atoms with van der Waals surface area (Å²) < 4.78 is 5.42. The molecule has 7 nitrogen and oxygen atoms in total. The number of fused-ring (bicyclic) bond motifs is 1. The smallest absolute Gasteiger partial charge is 0.315 e. The Morgan fingerprint density at radius 2 is 1.84 bits per heavy atom. The molecule has 1 aromatic heterocycles. The average Bonchev–Trinajstić information content (AvgIpc) is 2.82. The Hall–Kier alpha value is -2.64. The second kappa shape index (κ2) is 9.66. The van der Waals surface area contributed by atoms with E-state index in [9.17, 15) is 4.79 Å². The number of anilines is 1. The summed E-state index contributed by atoms with van der Waals surface area (Å²) in [7, 11) is 0. The predicted molar refractivity (Wildman–Crippen MR) is 122 cm³/mol. The Kier molecular flexibility index (Phi) is 6.73. The van der Waals surface area contributed by atoms with E-state index in [-0.39, 0.29) is 11.6 Å². The van der Waals surface area contributed by atoms with Crippen molar-refractivity contribution in [3.8, 4) is 0 Å². The van der Waals surface area contributed by atoms with Gasteiger partial charge in [-0.1, -0.05) is 30.3 Å². The van der Waals surface area contributed by atoms with Crippen LogP contribution in [0.2, 0.25) is 0 Å². The number of benzene rings is 1. The number of nitrogens with one attached hydrogen (secondary N) is 2. The number of hydrogen-bond acceptors (Lipinski definition) is 5. The summed E-state index contributed by atoms with van der Waals surface area (Å²) in [6, 6.07) is 12.5. The normalized spacial score (nSPS) is 17.2. The minimum absolute atomic E-state index is 0.0998. The van der Waals surface area contributed by atoms with Gasteiger partial charge in [-0.25, -0.2) is 9.78 Å². The molecule has 0 radical (unpaired) electrons. The predicted octanol–water partition coefficient (Wildman–Crippen LogP) is 2.55. The molecule has 4 rings (SSSR count). The molecule has 2 amide bonds. The summed E-state index contributed by atoms with van der Waals surface area (Å²) in [5.74, 6) is 0.981. The molecule has 0 atom stereocenters. The van der Waals surface area contributed by atoms with Crippen molar-refractivity contribution in [2.75, 3.05) is 44.3 Å². The quantitative estimate of drug-likeness (QED) is 0.747. The van der Waals surface area contributed by atoms with Gasteiger partial charge in [-0.15, -0.1) is 0 Å². The molecule has 1 saturated heterocycles. The van der Waals surface area contributed by atoms with Crippen molar-refractivity contribution in [1.29, 1.82) is 0 Å². The van der Waals surface area contributed by atoms with Crippen LogP contribution in [0.3, 0.4) is 0 Å². The SMILES string of the molecule is CC(C)(CNC(=O)NCc1ccc(N2CCc3ccccc3C2)nc1)N1CCOCC1. The van der Waals surface area contributed by atoms with Crippen LogP contribution in [0.4, 0.5) is 10.6 Å². The van der Waals surface area contributed by atoms with Crippen molar-refractivity contribution >= 4 is 11.8 Å². The third-order valence-corrected chi connectivity index (χ3v) is 6.27. The Labute approximate surface area is 184 Å². The van der Waals surface area contributed by atoms with Gasteiger partial charge < -0.3 is 20.3 Å². The molecule has 1 aromatic carbocycles. The van der Waals surface area contributed by atoms with Gasteiger partial charge in [0.15, 0.2) is 0 Å². The van der Waals surface area contributed by atoms with E-state index in [2.05, 4.69) is 63.5 Å². The molecule has 31 heavy (non-hydrogen) atoms. The van der Waals surface area contributed by atoms with Crippen LogP contribution in [0.25, 0.3) is 0 Å². The van der Waals surface area contributed by atoms with Crippen molar-refractivity contribution < 1.29 is 9.53 Å². The van der Waals surface area contributed by atoms with Crippen molar-refractivity contribution in [1.82, 2.24) is 20.5 Å². The first-order valence-electron chi connectivity index (χ1n) is 11.1. The van der Waals surface area contributed by atoms with E-state index in [1.807, 2.05) is 18.3 Å². The van der Waals surface area contributed by atoms with Crippen LogP contribution in [0.5, 0.6) is 0 Å². The molecule has 2 aromatic rings. The Bertz CT molecular complexity index is 878. The molecule has 2 aliphatic rings. The zero-order chi connectivity index (χ0) is 21.7. The van der Waals surface area contributed by atoms with Crippen LogP contribution < -0.4 is 15.5 Å². The van der Waals surface area contributed by atoms with Gasteiger partial charge in [0.25, 0.3) is 0 Å². The molecule has 2 aliphatic heterocycles. The summed E-state index contributed by atoms with van der Waals surface area (Å²) >= 11 is 0. The summed E-state index contributed by atoms with van der Waals surface area (Å²) in [5.41, 5.74) is 3.70. The molecule has 0 aliphatic carbocycles. The molecule has 3 heterocycles. The monoisotopic (exact) mass is 423 g/mol. The maximum Gasteiger partial charge on any atom is 0.315 e. The summed E-state index contributed by atoms with van der Waals surface area (Å²) in [6.07, 6.45) is 2.90. The van der Waals surface area contributed by atoms with Crippen LogP contribution in [0, 0.1) is 0 Å². The first kappa shape index (κ1) is 21.6. The lowest BCUT2D eigenvalue weighted by Gasteiger charge is -2.40. The number of morpholine rings is 1. The number of rotatable bonds is 6. The Morgan fingerprint density at radius 3 is 2.58 bits per heavy atom. The number of pyridine rings is 1. The zero-order valence-electron chi connectivity index (χ0n) is 18.6. The number of carbonyl (C=O) groups excluding carboxylic acids is 1. The molecular formula is C24H33N5O2. The van der Waals surface area contributed by atoms with Gasteiger partial charge in [0.05, 0.1) is 13.2 Å². The van der Waals surface area contributed by atoms with E-state index in [1.54, 1.807) is 0 Å². The first-order valence-corrected chi connectivity index (χ1v) is 11.1. The summed E-state index contributed by atoms with van der Waals surface area (Å²) in [5, 5.41) is 5.94. The lowest BCUT2D eigenvalue weighted by molar-refractivity contribution is -0.00874. The number of aromatic nitrogens is 1. The van der Waals surface area contributed by atoms with E-state index in [0.29, 0.717) is 13.1 Å². The first-order chi connectivity index (χ1) is 15.0. The lowest BCUT2D eigenvalue weighted by atomic mass is 10.00. The fourth-order valence-corrected chi connectivity index (χ4v) is 4.22. The fourth-order valence-electron chi connectivity index (χ4n) is 4.22. The van der Waals surface area contributed by atoms with Crippen LogP contribution in [0.15, 0.2) is 42.6 Å². The van der Waals surface area contributed by atoms with Crippen LogP contribution in [-0.2, 0) is 24.2 Å². The maximum absolute atomic E-state index is 12.3. The topological polar surface area (TPSA) is 69.7 Å². The molecule has 7 heteroatoms. The number of amides is 2. The highest BCUT2D eigenvalue weighted by Crippen LogP contribution is 2.23. The van der Waals surface area contributed by atoms with Gasteiger partial charge in [0.1, 0.15) is 5.82 Å². The summed E-state index contributed by atoms with van der Waals surface area (Å²) in [6.45, 7) is 10.5. The van der Waals surface area contributed by atoms with Crippen molar-refractivity contribution in [2.45, 2.75) is 38.9 Å². The fraction of sp³-hybridized carbons (Fsp3) is 0.500. The number of nitrogens with zero attached hydrogens (tertiary/aromatic N) is 3. The Balaban J connectivity index is 1.23. The molecule has 166 valence electrons. The molecule has 2 N–H and O–H groups in total. The summed E-state index contributed by atoms with van der Waals surface area (Å²) in [4.78, 5) is 21.6. The number of carbonyl (C=O) groups is 1. The number of ether oxygens (including phenoxy) is 1. The average molecular weight is 424 g/mol. The molecule has 0 bridgehead atoms. The van der Waals surface area contributed by atoms with Crippen LogP contribution >= 0.6 is 0 Å². The van der Waals surface area contributed by atoms with Gasteiger partial charge in [-0.3, -0.25) is 4.90 Å². The Morgan fingerprint density at radius 1 is 1.06 bits per heavy atom. The largest absolute Gasteiger partial charge is 0.379 e. The van der Waals surface area contributed by atoms with E-state index in [1.165, 1.54) is 11.1 Å². The van der Waals surface area contributed by atoms with E-state index in [0.717, 1.165) is 57.2 Å². The van der Waals surface area contributed by atoms with Crippen LogP contribution in [0.1, 0.15) is 30.5 Å². The third kappa shape index (κ3) is 5.54. The highest BCUT2D eigenvalue weighted by Gasteiger charge is 2.28. The maximum atomic E-state index is 12.3. The van der Waals surface area contributed by atoms with E-state index < -0.39 is 0 Å².